The van der Waals surface area contributed by atoms with Gasteiger partial charge in [-0.25, -0.2) is 0 Å². The van der Waals surface area contributed by atoms with Crippen LogP contribution in [0.5, 0.6) is 0 Å². The van der Waals surface area contributed by atoms with E-state index in [0.717, 1.165) is 67.1 Å². The van der Waals surface area contributed by atoms with Gasteiger partial charge >= 0.3 is 0 Å². The highest BCUT2D eigenvalue weighted by molar-refractivity contribution is 7.80. The molecule has 0 aliphatic rings. The first-order valence-corrected chi connectivity index (χ1v) is 10.9. The summed E-state index contributed by atoms with van der Waals surface area (Å²) >= 11 is 5.67. The second-order valence-electron chi connectivity index (χ2n) is 7.43. The Labute approximate surface area is 174 Å². The molecule has 5 nitrogen and oxygen atoms in total. The van der Waals surface area contributed by atoms with Crippen LogP contribution in [0.4, 0.5) is 0 Å². The molecule has 154 valence electrons. The molecule has 0 atom stereocenters. The van der Waals surface area contributed by atoms with Crippen LogP contribution in [0.2, 0.25) is 0 Å². The first-order valence-electron chi connectivity index (χ1n) is 10.5. The molecule has 28 heavy (non-hydrogen) atoms. The number of nitrogens with one attached hydrogen (secondary N) is 3. The molecule has 2 rings (SSSR count). The van der Waals surface area contributed by atoms with Crippen LogP contribution >= 0.6 is 12.2 Å². The molecular formula is C22H35N4OS+. The Morgan fingerprint density at radius 2 is 1.96 bits per heavy atom. The summed E-state index contributed by atoms with van der Waals surface area (Å²) in [5.41, 5.74) is 2.78. The number of pyridine rings is 1. The van der Waals surface area contributed by atoms with Crippen LogP contribution in [0.15, 0.2) is 29.1 Å². The number of aromatic nitrogens is 1. The van der Waals surface area contributed by atoms with Gasteiger partial charge in [0.25, 0.3) is 5.56 Å². The van der Waals surface area contributed by atoms with Crippen LogP contribution in [-0.4, -0.2) is 47.7 Å². The lowest BCUT2D eigenvalue weighted by Gasteiger charge is -2.27. The highest BCUT2D eigenvalue weighted by Gasteiger charge is 2.15. The van der Waals surface area contributed by atoms with Crippen LogP contribution in [0.3, 0.4) is 0 Å². The zero-order valence-corrected chi connectivity index (χ0v) is 18.5. The summed E-state index contributed by atoms with van der Waals surface area (Å²) in [7, 11) is 0. The van der Waals surface area contributed by atoms with Gasteiger partial charge in [0.05, 0.1) is 32.7 Å². The number of benzene rings is 1. The van der Waals surface area contributed by atoms with Crippen LogP contribution in [-0.2, 0) is 6.54 Å². The van der Waals surface area contributed by atoms with E-state index in [4.69, 9.17) is 12.2 Å². The predicted octanol–water partition coefficient (Wildman–Crippen LogP) is 2.24. The Bertz CT molecular complexity index is 829. The van der Waals surface area contributed by atoms with Crippen molar-refractivity contribution in [1.29, 1.82) is 0 Å². The summed E-state index contributed by atoms with van der Waals surface area (Å²) in [6, 6.07) is 8.10. The number of likely N-dealkylation sites (N-methyl/N-ethyl adjacent to an activating group) is 1. The number of hydrogen-bond donors (Lipinski definition) is 3. The molecule has 6 heteroatoms. The van der Waals surface area contributed by atoms with Crippen molar-refractivity contribution in [1.82, 2.24) is 15.2 Å². The van der Waals surface area contributed by atoms with E-state index in [1.165, 1.54) is 10.5 Å². The van der Waals surface area contributed by atoms with Crippen LogP contribution < -0.4 is 15.8 Å². The van der Waals surface area contributed by atoms with Crippen molar-refractivity contribution >= 4 is 28.2 Å². The number of quaternary nitrogens is 1. The molecule has 0 aliphatic carbocycles. The monoisotopic (exact) mass is 403 g/mol. The molecule has 0 saturated carbocycles. The van der Waals surface area contributed by atoms with Crippen molar-refractivity contribution in [3.63, 3.8) is 0 Å². The maximum atomic E-state index is 12.6. The topological polar surface area (TPSA) is 52.6 Å². The summed E-state index contributed by atoms with van der Waals surface area (Å²) in [5, 5.41) is 5.17. The molecule has 3 N–H and O–H groups in total. The number of fused-ring (bicyclic) bond motifs is 1. The Kier molecular flexibility index (Phi) is 8.93. The van der Waals surface area contributed by atoms with E-state index in [1.54, 1.807) is 0 Å². The standard InChI is InChI=1S/C22H34N4OS/c1-5-8-11-23-22(28)26(13-12-25(6-2)7-3)16-19-15-18-14-17(4)9-10-20(18)24-21(19)27/h9-10,14-15H,5-8,11-13,16H2,1-4H3,(H,23,28)(H,24,27)/p+1. The molecule has 2 aromatic rings. The van der Waals surface area contributed by atoms with Crippen LogP contribution in [0, 0.1) is 6.92 Å². The normalized spacial score (nSPS) is 11.2. The summed E-state index contributed by atoms with van der Waals surface area (Å²) in [5.74, 6) is 0. The van der Waals surface area contributed by atoms with Gasteiger partial charge in [-0.2, -0.15) is 0 Å². The Balaban J connectivity index is 2.22. The van der Waals surface area contributed by atoms with E-state index in [2.05, 4.69) is 49.0 Å². The van der Waals surface area contributed by atoms with E-state index < -0.39 is 0 Å². The van der Waals surface area contributed by atoms with Gasteiger partial charge in [-0.3, -0.25) is 4.79 Å². The van der Waals surface area contributed by atoms with Gasteiger partial charge in [-0.05, 0) is 63.0 Å². The molecule has 0 spiro atoms. The minimum Gasteiger partial charge on any atom is -0.363 e. The molecular weight excluding hydrogens is 368 g/mol. The third-order valence-corrected chi connectivity index (χ3v) is 5.67. The molecule has 1 aromatic carbocycles. The summed E-state index contributed by atoms with van der Waals surface area (Å²) in [6.45, 7) is 14.1. The zero-order valence-electron chi connectivity index (χ0n) is 17.7. The average Bonchev–Trinajstić information content (AvgIpc) is 2.68. The largest absolute Gasteiger partial charge is 0.363 e. The predicted molar refractivity (Wildman–Crippen MR) is 122 cm³/mol. The minimum atomic E-state index is -0.0344. The Morgan fingerprint density at radius 1 is 1.21 bits per heavy atom. The lowest BCUT2D eigenvalue weighted by molar-refractivity contribution is -0.895. The van der Waals surface area contributed by atoms with Crippen LogP contribution in [0.25, 0.3) is 10.9 Å². The van der Waals surface area contributed by atoms with Gasteiger partial charge in [-0.1, -0.05) is 25.0 Å². The molecule has 0 radical (unpaired) electrons. The second kappa shape index (κ2) is 11.2. The highest BCUT2D eigenvalue weighted by Crippen LogP contribution is 2.14. The number of aryl methyl sites for hydroxylation is 1. The maximum absolute atomic E-state index is 12.6. The quantitative estimate of drug-likeness (QED) is 0.421. The van der Waals surface area contributed by atoms with Crippen molar-refractivity contribution in [3.8, 4) is 0 Å². The van der Waals surface area contributed by atoms with E-state index in [1.807, 2.05) is 18.2 Å². The SMILES string of the molecule is CCCCNC(=S)N(CC[NH+](CC)CC)Cc1cc2cc(C)ccc2[nH]c1=O. The summed E-state index contributed by atoms with van der Waals surface area (Å²) in [4.78, 5) is 19.3. The molecule has 0 unspecified atom stereocenters. The smallest absolute Gasteiger partial charge is 0.253 e. The average molecular weight is 404 g/mol. The Morgan fingerprint density at radius 3 is 2.64 bits per heavy atom. The molecule has 0 aliphatic heterocycles. The number of H-pyrrole nitrogens is 1. The van der Waals surface area contributed by atoms with Gasteiger partial charge in [0.1, 0.15) is 0 Å². The number of unbranched alkanes of at least 4 members (excludes halogenated alkanes) is 1. The van der Waals surface area contributed by atoms with Crippen molar-refractivity contribution in [2.24, 2.45) is 0 Å². The lowest BCUT2D eigenvalue weighted by Crippen LogP contribution is -3.12. The minimum absolute atomic E-state index is 0.0344. The highest BCUT2D eigenvalue weighted by atomic mass is 32.1. The van der Waals surface area contributed by atoms with E-state index in [0.29, 0.717) is 6.54 Å². The maximum Gasteiger partial charge on any atom is 0.253 e. The molecule has 0 fully saturated rings. The van der Waals surface area contributed by atoms with Crippen molar-refractivity contribution < 1.29 is 4.90 Å². The first-order chi connectivity index (χ1) is 13.5. The summed E-state index contributed by atoms with van der Waals surface area (Å²) < 4.78 is 0. The van der Waals surface area contributed by atoms with Crippen molar-refractivity contribution in [3.05, 3.63) is 45.7 Å². The van der Waals surface area contributed by atoms with Gasteiger partial charge in [-0.15, -0.1) is 0 Å². The molecule has 0 saturated heterocycles. The lowest BCUT2D eigenvalue weighted by atomic mass is 10.1. The third-order valence-electron chi connectivity index (χ3n) is 5.27. The second-order valence-corrected chi connectivity index (χ2v) is 7.82. The fraction of sp³-hybridized carbons (Fsp3) is 0.545. The van der Waals surface area contributed by atoms with Gasteiger partial charge in [0.15, 0.2) is 5.11 Å². The molecule has 1 aromatic heterocycles. The Hall–Kier alpha value is -1.92. The van der Waals surface area contributed by atoms with E-state index in [9.17, 15) is 4.79 Å². The number of aromatic amines is 1. The van der Waals surface area contributed by atoms with Gasteiger partial charge in [0.2, 0.25) is 0 Å². The molecule has 1 heterocycles. The first kappa shape index (κ1) is 22.4. The molecule has 0 amide bonds. The van der Waals surface area contributed by atoms with Gasteiger partial charge < -0.3 is 20.1 Å². The number of hydrogen-bond acceptors (Lipinski definition) is 2. The summed E-state index contributed by atoms with van der Waals surface area (Å²) in [6.07, 6.45) is 2.22. The van der Waals surface area contributed by atoms with Gasteiger partial charge in [0, 0.05) is 17.6 Å². The van der Waals surface area contributed by atoms with E-state index in [-0.39, 0.29) is 5.56 Å². The molecule has 0 bridgehead atoms. The number of thiocarbonyl (C=S) groups is 1. The third kappa shape index (κ3) is 6.31. The number of nitrogens with zero attached hydrogens (tertiary/aromatic N) is 1. The van der Waals surface area contributed by atoms with Crippen LogP contribution in [0.1, 0.15) is 44.7 Å². The zero-order chi connectivity index (χ0) is 20.5. The van der Waals surface area contributed by atoms with Crippen molar-refractivity contribution in [2.75, 3.05) is 32.7 Å². The fourth-order valence-corrected chi connectivity index (χ4v) is 3.59. The van der Waals surface area contributed by atoms with E-state index >= 15 is 0 Å². The fourth-order valence-electron chi connectivity index (χ4n) is 3.33. The number of rotatable bonds is 10. The van der Waals surface area contributed by atoms with Crippen molar-refractivity contribution in [2.45, 2.75) is 47.1 Å².